The van der Waals surface area contributed by atoms with Crippen molar-refractivity contribution < 1.29 is 9.59 Å². The summed E-state index contributed by atoms with van der Waals surface area (Å²) in [6.07, 6.45) is 0.470. The molecule has 0 aliphatic carbocycles. The minimum Gasteiger partial charge on any atom is -0.352 e. The lowest BCUT2D eigenvalue weighted by Crippen LogP contribution is -2.50. The highest BCUT2D eigenvalue weighted by atomic mass is 79.9. The zero-order valence-corrected chi connectivity index (χ0v) is 16.3. The quantitative estimate of drug-likeness (QED) is 0.801. The molecule has 0 saturated carbocycles. The van der Waals surface area contributed by atoms with Gasteiger partial charge in [-0.15, -0.1) is 0 Å². The third kappa shape index (κ3) is 5.43. The van der Waals surface area contributed by atoms with Crippen molar-refractivity contribution in [3.63, 3.8) is 0 Å². The maximum Gasteiger partial charge on any atom is 0.254 e. The molecule has 2 aromatic carbocycles. The van der Waals surface area contributed by atoms with E-state index in [0.717, 1.165) is 10.0 Å². The van der Waals surface area contributed by atoms with Crippen molar-refractivity contribution in [2.45, 2.75) is 32.4 Å². The third-order valence-electron chi connectivity index (χ3n) is 3.88. The van der Waals surface area contributed by atoms with Crippen LogP contribution >= 0.6 is 15.9 Å². The Kier molecular flexibility index (Phi) is 6.76. The molecule has 4 nitrogen and oxygen atoms in total. The van der Waals surface area contributed by atoms with Gasteiger partial charge in [0, 0.05) is 29.5 Å². The summed E-state index contributed by atoms with van der Waals surface area (Å²) in [5, 5.41) is 2.92. The summed E-state index contributed by atoms with van der Waals surface area (Å²) in [5.74, 6) is -0.320. The van der Waals surface area contributed by atoms with E-state index in [1.54, 1.807) is 19.2 Å². The number of hydrogen-bond acceptors (Lipinski definition) is 2. The average Bonchev–Trinajstić information content (AvgIpc) is 2.59. The highest BCUT2D eigenvalue weighted by Crippen LogP contribution is 2.15. The summed E-state index contributed by atoms with van der Waals surface area (Å²) in [5.41, 5.74) is 1.57. The van der Waals surface area contributed by atoms with Gasteiger partial charge in [-0.3, -0.25) is 9.59 Å². The van der Waals surface area contributed by atoms with Gasteiger partial charge >= 0.3 is 0 Å². The van der Waals surface area contributed by atoms with Gasteiger partial charge in [-0.05, 0) is 43.7 Å². The molecule has 0 saturated heterocycles. The molecule has 0 heterocycles. The van der Waals surface area contributed by atoms with Crippen LogP contribution in [-0.4, -0.2) is 35.8 Å². The summed E-state index contributed by atoms with van der Waals surface area (Å²) in [7, 11) is 1.68. The van der Waals surface area contributed by atoms with Crippen LogP contribution in [-0.2, 0) is 11.2 Å². The lowest BCUT2D eigenvalue weighted by atomic mass is 10.0. The van der Waals surface area contributed by atoms with Gasteiger partial charge in [0.2, 0.25) is 5.91 Å². The number of rotatable bonds is 6. The monoisotopic (exact) mass is 402 g/mol. The molecule has 1 N–H and O–H groups in total. The molecule has 0 fully saturated rings. The van der Waals surface area contributed by atoms with Crippen LogP contribution in [0.4, 0.5) is 0 Å². The van der Waals surface area contributed by atoms with Crippen LogP contribution in [0, 0.1) is 0 Å². The molecule has 2 aromatic rings. The van der Waals surface area contributed by atoms with E-state index in [2.05, 4.69) is 21.2 Å². The second-order valence-corrected chi connectivity index (χ2v) is 7.21. The number of nitrogens with zero attached hydrogens (tertiary/aromatic N) is 1. The Hall–Kier alpha value is -2.14. The molecule has 0 radical (unpaired) electrons. The molecular formula is C20H23BrN2O2. The molecule has 1 atom stereocenters. The molecule has 0 unspecified atom stereocenters. The van der Waals surface area contributed by atoms with Gasteiger partial charge in [0.25, 0.3) is 5.91 Å². The third-order valence-corrected chi connectivity index (χ3v) is 4.41. The Bertz CT molecular complexity index is 714. The van der Waals surface area contributed by atoms with Gasteiger partial charge in [-0.1, -0.05) is 46.3 Å². The average molecular weight is 403 g/mol. The van der Waals surface area contributed by atoms with E-state index in [0.29, 0.717) is 12.0 Å². The van der Waals surface area contributed by atoms with Crippen molar-refractivity contribution in [2.24, 2.45) is 0 Å². The smallest absolute Gasteiger partial charge is 0.254 e. The van der Waals surface area contributed by atoms with E-state index < -0.39 is 6.04 Å². The van der Waals surface area contributed by atoms with E-state index in [4.69, 9.17) is 0 Å². The SMILES string of the molecule is CC(C)NC(=O)[C@H](Cc1ccccc1)N(C)C(=O)c1ccc(Br)cc1. The van der Waals surface area contributed by atoms with Gasteiger partial charge in [0.05, 0.1) is 0 Å². The summed E-state index contributed by atoms with van der Waals surface area (Å²) in [6.45, 7) is 3.82. The van der Waals surface area contributed by atoms with Crippen molar-refractivity contribution in [1.29, 1.82) is 0 Å². The number of nitrogens with one attached hydrogen (secondary N) is 1. The first-order valence-corrected chi connectivity index (χ1v) is 9.05. The summed E-state index contributed by atoms with van der Waals surface area (Å²) < 4.78 is 0.907. The van der Waals surface area contributed by atoms with Crippen LogP contribution in [0.1, 0.15) is 29.8 Å². The Labute approximate surface area is 157 Å². The summed E-state index contributed by atoms with van der Waals surface area (Å²) in [4.78, 5) is 27.0. The van der Waals surface area contributed by atoms with E-state index in [1.807, 2.05) is 56.3 Å². The molecule has 2 amide bonds. The van der Waals surface area contributed by atoms with Gasteiger partial charge in [-0.25, -0.2) is 0 Å². The number of amides is 2. The van der Waals surface area contributed by atoms with Crippen LogP contribution in [0.25, 0.3) is 0 Å². The number of hydrogen-bond donors (Lipinski definition) is 1. The lowest BCUT2D eigenvalue weighted by molar-refractivity contribution is -0.125. The number of halogens is 1. The second-order valence-electron chi connectivity index (χ2n) is 6.29. The van der Waals surface area contributed by atoms with Crippen LogP contribution in [0.5, 0.6) is 0 Å². The summed E-state index contributed by atoms with van der Waals surface area (Å²) >= 11 is 3.37. The predicted molar refractivity (Wildman–Crippen MR) is 103 cm³/mol. The molecule has 0 aliphatic rings. The molecular weight excluding hydrogens is 380 g/mol. The van der Waals surface area contributed by atoms with E-state index in [1.165, 1.54) is 4.90 Å². The largest absolute Gasteiger partial charge is 0.352 e. The minimum atomic E-state index is -0.569. The highest BCUT2D eigenvalue weighted by molar-refractivity contribution is 9.10. The fraction of sp³-hybridized carbons (Fsp3) is 0.300. The fourth-order valence-corrected chi connectivity index (χ4v) is 2.83. The van der Waals surface area contributed by atoms with Crippen molar-refractivity contribution in [1.82, 2.24) is 10.2 Å². The van der Waals surface area contributed by atoms with E-state index >= 15 is 0 Å². The number of benzene rings is 2. The first-order valence-electron chi connectivity index (χ1n) is 8.25. The number of carbonyl (C=O) groups is 2. The molecule has 0 spiro atoms. The molecule has 0 bridgehead atoms. The maximum absolute atomic E-state index is 12.8. The Morgan fingerprint density at radius 3 is 2.20 bits per heavy atom. The van der Waals surface area contributed by atoms with Gasteiger partial charge in [0.15, 0.2) is 0 Å². The van der Waals surface area contributed by atoms with E-state index in [9.17, 15) is 9.59 Å². The van der Waals surface area contributed by atoms with Crippen molar-refractivity contribution in [3.05, 3.63) is 70.2 Å². The molecule has 0 aromatic heterocycles. The summed E-state index contributed by atoms with van der Waals surface area (Å²) in [6, 6.07) is 16.3. The highest BCUT2D eigenvalue weighted by Gasteiger charge is 2.28. The molecule has 0 aliphatic heterocycles. The predicted octanol–water partition coefficient (Wildman–Crippen LogP) is 3.66. The maximum atomic E-state index is 12.8. The standard InChI is InChI=1S/C20H23BrN2O2/c1-14(2)22-19(24)18(13-15-7-5-4-6-8-15)23(3)20(25)16-9-11-17(21)12-10-16/h4-12,14,18H,13H2,1-3H3,(H,22,24)/t18-/m0/s1. The molecule has 132 valence electrons. The van der Waals surface area contributed by atoms with Crippen molar-refractivity contribution >= 4 is 27.7 Å². The molecule has 2 rings (SSSR count). The van der Waals surface area contributed by atoms with Gasteiger partial charge < -0.3 is 10.2 Å². The Morgan fingerprint density at radius 2 is 1.64 bits per heavy atom. The zero-order valence-electron chi connectivity index (χ0n) is 14.7. The van der Waals surface area contributed by atoms with Crippen molar-refractivity contribution in [3.8, 4) is 0 Å². The zero-order chi connectivity index (χ0) is 18.4. The topological polar surface area (TPSA) is 49.4 Å². The van der Waals surface area contributed by atoms with Crippen LogP contribution in [0.15, 0.2) is 59.1 Å². The number of likely N-dealkylation sites (N-methyl/N-ethyl adjacent to an activating group) is 1. The molecule has 25 heavy (non-hydrogen) atoms. The second kappa shape index (κ2) is 8.81. The first kappa shape index (κ1) is 19.2. The van der Waals surface area contributed by atoms with Gasteiger partial charge in [0.1, 0.15) is 6.04 Å². The van der Waals surface area contributed by atoms with Crippen LogP contribution < -0.4 is 5.32 Å². The van der Waals surface area contributed by atoms with Crippen LogP contribution in [0.2, 0.25) is 0 Å². The Balaban J connectivity index is 2.24. The minimum absolute atomic E-state index is 0.0157. The Morgan fingerprint density at radius 1 is 1.04 bits per heavy atom. The van der Waals surface area contributed by atoms with E-state index in [-0.39, 0.29) is 17.9 Å². The van der Waals surface area contributed by atoms with Crippen molar-refractivity contribution in [2.75, 3.05) is 7.05 Å². The molecule has 5 heteroatoms. The lowest BCUT2D eigenvalue weighted by Gasteiger charge is -2.28. The normalized spacial score (nSPS) is 11.9. The fourth-order valence-electron chi connectivity index (χ4n) is 2.56. The number of carbonyl (C=O) groups excluding carboxylic acids is 2. The van der Waals surface area contributed by atoms with Gasteiger partial charge in [-0.2, -0.15) is 0 Å². The van der Waals surface area contributed by atoms with Crippen LogP contribution in [0.3, 0.4) is 0 Å². The first-order chi connectivity index (χ1) is 11.9.